The van der Waals surface area contributed by atoms with Crippen molar-refractivity contribution in [2.75, 3.05) is 11.9 Å². The average molecular weight is 546 g/mol. The molecule has 0 aliphatic carbocycles. The van der Waals surface area contributed by atoms with Gasteiger partial charge in [-0.2, -0.15) is 5.10 Å². The standard InChI is InChI=1S/C26H19Cl2N3O5.Na/c27-16-2-1-3-18(10-16)31-14-17(13-29-31)30-25(32)15-4-6-19(7-5-15)36-24-12-23-21(11-22(24)28)20(26(33)34)8-9-35-23;/h1-7,10-14,20H,8-9H2,(H,30,32)(H,33,34);/q;+1/p-1. The largest absolute Gasteiger partial charge is 1.00 e. The van der Waals surface area contributed by atoms with Crippen LogP contribution in [0.15, 0.2) is 73.1 Å². The molecule has 0 fully saturated rings. The van der Waals surface area contributed by atoms with Crippen LogP contribution in [0.4, 0.5) is 5.69 Å². The number of nitrogens with zero attached hydrogens (tertiary/aromatic N) is 2. The first-order chi connectivity index (χ1) is 17.4. The molecule has 1 N–H and O–H groups in total. The molecule has 1 aliphatic rings. The molecule has 11 heteroatoms. The molecule has 1 aliphatic heterocycles. The first-order valence-electron chi connectivity index (χ1n) is 10.9. The van der Waals surface area contributed by atoms with E-state index < -0.39 is 11.9 Å². The fourth-order valence-corrected chi connectivity index (χ4v) is 4.26. The van der Waals surface area contributed by atoms with E-state index in [2.05, 4.69) is 10.4 Å². The number of aromatic nitrogens is 2. The summed E-state index contributed by atoms with van der Waals surface area (Å²) in [4.78, 5) is 24.1. The molecule has 0 spiro atoms. The second-order valence-electron chi connectivity index (χ2n) is 8.06. The number of aliphatic carboxylic acids is 1. The number of amides is 1. The van der Waals surface area contributed by atoms with Crippen LogP contribution in [0.2, 0.25) is 10.0 Å². The van der Waals surface area contributed by atoms with Gasteiger partial charge in [-0.25, -0.2) is 4.68 Å². The number of fused-ring (bicyclic) bond motifs is 1. The van der Waals surface area contributed by atoms with Crippen molar-refractivity contribution >= 4 is 40.8 Å². The number of carbonyl (C=O) groups is 2. The van der Waals surface area contributed by atoms with E-state index >= 15 is 0 Å². The molecule has 0 saturated carbocycles. The first kappa shape index (κ1) is 27.0. The number of rotatable bonds is 6. The Kier molecular flexibility index (Phi) is 8.46. The third-order valence-corrected chi connectivity index (χ3v) is 6.18. The maximum absolute atomic E-state index is 12.7. The molecule has 8 nitrogen and oxygen atoms in total. The molecule has 0 saturated heterocycles. The van der Waals surface area contributed by atoms with Crippen LogP contribution in [0.3, 0.4) is 0 Å². The van der Waals surface area contributed by atoms with E-state index in [-0.39, 0.29) is 47.1 Å². The molecule has 2 heterocycles. The molecule has 4 aromatic rings. The molecule has 3 aromatic carbocycles. The Morgan fingerprint density at radius 2 is 1.89 bits per heavy atom. The van der Waals surface area contributed by atoms with Gasteiger partial charge in [-0.3, -0.25) is 4.79 Å². The van der Waals surface area contributed by atoms with Crippen LogP contribution in [0, 0.1) is 0 Å². The van der Waals surface area contributed by atoms with Crippen LogP contribution in [0.1, 0.15) is 28.3 Å². The number of carboxylic acid groups (broad SMARTS) is 1. The van der Waals surface area contributed by atoms with Gasteiger partial charge in [-0.15, -0.1) is 0 Å². The quantitative estimate of drug-likeness (QED) is 0.371. The Balaban J connectivity index is 0.00000320. The molecular formula is C26H18Cl2N3NaO5. The van der Waals surface area contributed by atoms with E-state index in [0.29, 0.717) is 45.5 Å². The molecule has 1 amide bonds. The summed E-state index contributed by atoms with van der Waals surface area (Å²) in [6.07, 6.45) is 3.55. The van der Waals surface area contributed by atoms with E-state index in [1.807, 2.05) is 12.1 Å². The van der Waals surface area contributed by atoms with Crippen LogP contribution in [0.5, 0.6) is 17.2 Å². The van der Waals surface area contributed by atoms with Crippen molar-refractivity contribution in [3.05, 3.63) is 94.2 Å². The molecule has 5 rings (SSSR count). The van der Waals surface area contributed by atoms with Crippen molar-refractivity contribution < 1.29 is 53.7 Å². The molecule has 0 radical (unpaired) electrons. The fraction of sp³-hybridized carbons (Fsp3) is 0.115. The first-order valence-corrected chi connectivity index (χ1v) is 11.7. The van der Waals surface area contributed by atoms with Crippen molar-refractivity contribution in [3.63, 3.8) is 0 Å². The second kappa shape index (κ2) is 11.6. The van der Waals surface area contributed by atoms with Crippen molar-refractivity contribution in [3.8, 4) is 22.9 Å². The van der Waals surface area contributed by atoms with Crippen LogP contribution in [-0.2, 0) is 4.79 Å². The maximum Gasteiger partial charge on any atom is 1.00 e. The SMILES string of the molecule is O=C(Nc1cnn(-c2cccc(Cl)c2)c1)c1ccc(Oc2cc3c(cc2Cl)C(C(=O)[O-])CCO3)cc1.[Na+]. The molecule has 0 bridgehead atoms. The number of anilines is 1. The molecular weight excluding hydrogens is 528 g/mol. The van der Waals surface area contributed by atoms with Gasteiger partial charge in [0, 0.05) is 34.1 Å². The molecule has 37 heavy (non-hydrogen) atoms. The third-order valence-electron chi connectivity index (χ3n) is 5.65. The monoisotopic (exact) mass is 545 g/mol. The van der Waals surface area contributed by atoms with Gasteiger partial charge in [-0.05, 0) is 55.0 Å². The Bertz CT molecular complexity index is 1460. The molecule has 1 unspecified atom stereocenters. The van der Waals surface area contributed by atoms with Gasteiger partial charge in [0.25, 0.3) is 5.91 Å². The maximum atomic E-state index is 12.7. The van der Waals surface area contributed by atoms with Gasteiger partial charge in [0.1, 0.15) is 17.2 Å². The second-order valence-corrected chi connectivity index (χ2v) is 8.91. The summed E-state index contributed by atoms with van der Waals surface area (Å²) >= 11 is 12.4. The minimum absolute atomic E-state index is 0. The predicted octanol–water partition coefficient (Wildman–Crippen LogP) is 1.84. The van der Waals surface area contributed by atoms with Crippen LogP contribution in [-0.4, -0.2) is 28.3 Å². The number of carbonyl (C=O) groups excluding carboxylic acids is 2. The van der Waals surface area contributed by atoms with E-state index in [1.54, 1.807) is 59.5 Å². The van der Waals surface area contributed by atoms with Crippen molar-refractivity contribution in [2.24, 2.45) is 0 Å². The number of nitrogens with one attached hydrogen (secondary N) is 1. The Labute approximate surface area is 244 Å². The van der Waals surface area contributed by atoms with E-state index in [1.165, 1.54) is 6.07 Å². The summed E-state index contributed by atoms with van der Waals surface area (Å²) < 4.78 is 13.0. The predicted molar refractivity (Wildman–Crippen MR) is 132 cm³/mol. The molecule has 1 aromatic heterocycles. The summed E-state index contributed by atoms with van der Waals surface area (Å²) in [5.41, 5.74) is 2.17. The third kappa shape index (κ3) is 6.11. The molecule has 182 valence electrons. The zero-order valence-corrected chi connectivity index (χ0v) is 23.1. The fourth-order valence-electron chi connectivity index (χ4n) is 3.86. The van der Waals surface area contributed by atoms with Crippen LogP contribution >= 0.6 is 23.2 Å². The summed E-state index contributed by atoms with van der Waals surface area (Å²) in [5.74, 6) is -1.13. The summed E-state index contributed by atoms with van der Waals surface area (Å²) in [7, 11) is 0. The van der Waals surface area contributed by atoms with Crippen LogP contribution < -0.4 is 49.5 Å². The Morgan fingerprint density at radius 1 is 1.11 bits per heavy atom. The van der Waals surface area contributed by atoms with Gasteiger partial charge < -0.3 is 24.7 Å². The van der Waals surface area contributed by atoms with Gasteiger partial charge in [-0.1, -0.05) is 29.3 Å². The van der Waals surface area contributed by atoms with Gasteiger partial charge in [0.05, 0.1) is 35.4 Å². The smallest absolute Gasteiger partial charge is 0.549 e. The van der Waals surface area contributed by atoms with Crippen molar-refractivity contribution in [1.82, 2.24) is 9.78 Å². The average Bonchev–Trinajstić information content (AvgIpc) is 3.33. The minimum atomic E-state index is -1.17. The number of halogens is 2. The summed E-state index contributed by atoms with van der Waals surface area (Å²) in [5, 5.41) is 19.3. The number of benzene rings is 3. The Morgan fingerprint density at radius 3 is 2.62 bits per heavy atom. The normalized spacial score (nSPS) is 14.1. The minimum Gasteiger partial charge on any atom is -0.549 e. The summed E-state index contributed by atoms with van der Waals surface area (Å²) in [6.45, 7) is 0.258. The zero-order chi connectivity index (χ0) is 25.2. The van der Waals surface area contributed by atoms with E-state index in [9.17, 15) is 14.7 Å². The van der Waals surface area contributed by atoms with Crippen molar-refractivity contribution in [1.29, 1.82) is 0 Å². The number of carboxylic acids is 1. The Hall–Kier alpha value is -3.01. The van der Waals surface area contributed by atoms with Crippen LogP contribution in [0.25, 0.3) is 5.69 Å². The topological polar surface area (TPSA) is 106 Å². The van der Waals surface area contributed by atoms with E-state index in [0.717, 1.165) is 5.69 Å². The van der Waals surface area contributed by atoms with Gasteiger partial charge >= 0.3 is 29.6 Å². The number of ether oxygens (including phenoxy) is 2. The van der Waals surface area contributed by atoms with Gasteiger partial charge in [0.2, 0.25) is 0 Å². The van der Waals surface area contributed by atoms with Gasteiger partial charge in [0.15, 0.2) is 0 Å². The van der Waals surface area contributed by atoms with Crippen molar-refractivity contribution in [2.45, 2.75) is 12.3 Å². The number of hydrogen-bond donors (Lipinski definition) is 1. The van der Waals surface area contributed by atoms with E-state index in [4.69, 9.17) is 32.7 Å². The molecule has 1 atom stereocenters. The summed E-state index contributed by atoms with van der Waals surface area (Å²) in [6, 6.07) is 16.8. The zero-order valence-electron chi connectivity index (χ0n) is 19.6. The number of hydrogen-bond acceptors (Lipinski definition) is 6.